The van der Waals surface area contributed by atoms with Crippen molar-refractivity contribution in [2.24, 2.45) is 0 Å². The van der Waals surface area contributed by atoms with Crippen LogP contribution in [0.3, 0.4) is 0 Å². The summed E-state index contributed by atoms with van der Waals surface area (Å²) in [6, 6.07) is 3.73. The smallest absolute Gasteiger partial charge is 0.212 e. The Hall–Kier alpha value is -1.14. The van der Waals surface area contributed by atoms with Crippen molar-refractivity contribution in [3.63, 3.8) is 0 Å². The lowest BCUT2D eigenvalue weighted by molar-refractivity contribution is 0.398. The fraction of sp³-hybridized carbons (Fsp3) is 0.500. The topological polar surface area (TPSA) is 55.4 Å². The van der Waals surface area contributed by atoms with Crippen molar-refractivity contribution >= 4 is 10.0 Å². The van der Waals surface area contributed by atoms with Crippen molar-refractivity contribution in [3.05, 3.63) is 29.6 Å². The molecular weight excluding hydrogens is 257 g/mol. The molecule has 6 heteroatoms. The number of nitrogens with one attached hydrogen (secondary N) is 1. The highest BCUT2D eigenvalue weighted by atomic mass is 32.2. The molecule has 1 aromatic carbocycles. The predicted molar refractivity (Wildman–Crippen MR) is 68.6 cm³/mol. The zero-order valence-electron chi connectivity index (χ0n) is 10.7. The summed E-state index contributed by atoms with van der Waals surface area (Å²) in [5.41, 5.74) is 0.222. The van der Waals surface area contributed by atoms with Crippen LogP contribution in [0.1, 0.15) is 31.9 Å². The van der Waals surface area contributed by atoms with Crippen LogP contribution in [0.5, 0.6) is 5.75 Å². The van der Waals surface area contributed by atoms with E-state index in [1.165, 1.54) is 19.2 Å². The van der Waals surface area contributed by atoms with E-state index in [4.69, 9.17) is 4.74 Å². The molecule has 0 saturated heterocycles. The van der Waals surface area contributed by atoms with Gasteiger partial charge in [0.15, 0.2) is 0 Å². The number of benzene rings is 1. The second-order valence-corrected chi connectivity index (χ2v) is 5.89. The fourth-order valence-electron chi connectivity index (χ4n) is 1.77. The average Bonchev–Trinajstić information content (AvgIpc) is 2.27. The molecule has 0 bridgehead atoms. The molecule has 0 fully saturated rings. The lowest BCUT2D eigenvalue weighted by Gasteiger charge is -2.17. The van der Waals surface area contributed by atoms with Crippen LogP contribution in [0.2, 0.25) is 0 Å². The third-order valence-corrected chi connectivity index (χ3v) is 4.15. The highest BCUT2D eigenvalue weighted by molar-refractivity contribution is 7.89. The molecule has 0 radical (unpaired) electrons. The Morgan fingerprint density at radius 3 is 2.67 bits per heavy atom. The third-order valence-electron chi connectivity index (χ3n) is 2.50. The molecule has 0 unspecified atom stereocenters. The summed E-state index contributed by atoms with van der Waals surface area (Å²) in [5.74, 6) is -0.128. The molecule has 0 spiro atoms. The van der Waals surface area contributed by atoms with Gasteiger partial charge in [0.25, 0.3) is 0 Å². The molecule has 1 atom stereocenters. The van der Waals surface area contributed by atoms with Crippen molar-refractivity contribution in [3.8, 4) is 5.75 Å². The van der Waals surface area contributed by atoms with E-state index >= 15 is 0 Å². The van der Waals surface area contributed by atoms with Crippen LogP contribution < -0.4 is 9.46 Å². The third kappa shape index (κ3) is 3.68. The summed E-state index contributed by atoms with van der Waals surface area (Å²) in [7, 11) is -1.97. The quantitative estimate of drug-likeness (QED) is 0.866. The van der Waals surface area contributed by atoms with Gasteiger partial charge in [-0.15, -0.1) is 0 Å². The first-order valence-electron chi connectivity index (χ1n) is 5.73. The minimum absolute atomic E-state index is 0.0219. The fourth-order valence-corrected chi connectivity index (χ4v) is 3.08. The van der Waals surface area contributed by atoms with E-state index in [0.717, 1.165) is 0 Å². The Morgan fingerprint density at radius 1 is 1.44 bits per heavy atom. The van der Waals surface area contributed by atoms with Gasteiger partial charge in [0.05, 0.1) is 18.9 Å². The molecule has 1 N–H and O–H groups in total. The average molecular weight is 275 g/mol. The first-order valence-corrected chi connectivity index (χ1v) is 7.39. The van der Waals surface area contributed by atoms with E-state index in [0.29, 0.717) is 12.2 Å². The Morgan fingerprint density at radius 2 is 2.11 bits per heavy atom. The molecule has 0 saturated carbocycles. The van der Waals surface area contributed by atoms with E-state index in [1.54, 1.807) is 19.9 Å². The van der Waals surface area contributed by atoms with E-state index in [-0.39, 0.29) is 11.3 Å². The molecule has 0 aliphatic rings. The van der Waals surface area contributed by atoms with Gasteiger partial charge in [-0.1, -0.05) is 13.0 Å². The van der Waals surface area contributed by atoms with Crippen LogP contribution >= 0.6 is 0 Å². The highest BCUT2D eigenvalue weighted by Crippen LogP contribution is 2.28. The van der Waals surface area contributed by atoms with Gasteiger partial charge >= 0.3 is 0 Å². The Bertz CT molecular complexity index is 502. The molecule has 0 aliphatic heterocycles. The predicted octanol–water partition coefficient (Wildman–Crippen LogP) is 2.22. The molecule has 4 nitrogen and oxygen atoms in total. The number of sulfonamides is 1. The molecule has 18 heavy (non-hydrogen) atoms. The minimum Gasteiger partial charge on any atom is -0.496 e. The van der Waals surface area contributed by atoms with Crippen molar-refractivity contribution in [1.82, 2.24) is 4.72 Å². The Kier molecular flexibility index (Phi) is 5.10. The first-order chi connectivity index (χ1) is 8.41. The zero-order chi connectivity index (χ0) is 13.8. The molecule has 0 amide bonds. The van der Waals surface area contributed by atoms with Crippen LogP contribution in [0.15, 0.2) is 18.2 Å². The zero-order valence-corrected chi connectivity index (χ0v) is 11.6. The summed E-state index contributed by atoms with van der Waals surface area (Å²) in [6.45, 7) is 3.36. The number of halogens is 1. The van der Waals surface area contributed by atoms with Crippen LogP contribution in [0.4, 0.5) is 4.39 Å². The molecular formula is C12H18FNO3S. The van der Waals surface area contributed by atoms with Gasteiger partial charge in [-0.25, -0.2) is 17.5 Å². The maximum absolute atomic E-state index is 13.7. The lowest BCUT2D eigenvalue weighted by Crippen LogP contribution is -2.29. The number of hydrogen-bond acceptors (Lipinski definition) is 3. The Balaban J connectivity index is 3.01. The number of ether oxygens (including phenoxy) is 1. The normalized spacial score (nSPS) is 13.3. The summed E-state index contributed by atoms with van der Waals surface area (Å²) in [5, 5.41) is 0. The maximum Gasteiger partial charge on any atom is 0.212 e. The summed E-state index contributed by atoms with van der Waals surface area (Å²) < 4.78 is 44.5. The van der Waals surface area contributed by atoms with Gasteiger partial charge in [-0.05, 0) is 25.5 Å². The van der Waals surface area contributed by atoms with Gasteiger partial charge in [0.2, 0.25) is 10.0 Å². The summed E-state index contributed by atoms with van der Waals surface area (Å²) >= 11 is 0. The molecule has 0 heterocycles. The second-order valence-electron chi connectivity index (χ2n) is 4.01. The van der Waals surface area contributed by atoms with Crippen LogP contribution in [-0.2, 0) is 10.0 Å². The van der Waals surface area contributed by atoms with E-state index in [9.17, 15) is 12.8 Å². The van der Waals surface area contributed by atoms with Gasteiger partial charge in [0.1, 0.15) is 11.6 Å². The van der Waals surface area contributed by atoms with Crippen molar-refractivity contribution in [2.45, 2.75) is 26.3 Å². The van der Waals surface area contributed by atoms with E-state index < -0.39 is 21.9 Å². The lowest BCUT2D eigenvalue weighted by atomic mass is 10.1. The first kappa shape index (κ1) is 14.9. The summed E-state index contributed by atoms with van der Waals surface area (Å²) in [4.78, 5) is 0. The van der Waals surface area contributed by atoms with Gasteiger partial charge in [0, 0.05) is 5.56 Å². The van der Waals surface area contributed by atoms with Crippen molar-refractivity contribution < 1.29 is 17.5 Å². The number of rotatable bonds is 6. The van der Waals surface area contributed by atoms with Gasteiger partial charge in [-0.3, -0.25) is 0 Å². The standard InChI is InChI=1S/C12H18FNO3S/c1-4-8-18(15,16)14-9(2)12-10(13)6-5-7-11(12)17-3/h5-7,9,14H,4,8H2,1-3H3/t9-/m1/s1. The number of hydrogen-bond donors (Lipinski definition) is 1. The minimum atomic E-state index is -3.39. The van der Waals surface area contributed by atoms with E-state index in [2.05, 4.69) is 4.72 Å². The SMILES string of the molecule is CCCS(=O)(=O)N[C@H](C)c1c(F)cccc1OC. The maximum atomic E-state index is 13.7. The second kappa shape index (κ2) is 6.15. The van der Waals surface area contributed by atoms with Gasteiger partial charge < -0.3 is 4.74 Å². The highest BCUT2D eigenvalue weighted by Gasteiger charge is 2.21. The Labute approximate surface area is 107 Å². The van der Waals surface area contributed by atoms with Crippen LogP contribution in [0, 0.1) is 5.82 Å². The molecule has 0 aromatic heterocycles. The van der Waals surface area contributed by atoms with E-state index in [1.807, 2.05) is 0 Å². The molecule has 0 aliphatic carbocycles. The number of methoxy groups -OCH3 is 1. The summed E-state index contributed by atoms with van der Waals surface area (Å²) in [6.07, 6.45) is 0.510. The molecule has 102 valence electrons. The van der Waals surface area contributed by atoms with Gasteiger partial charge in [-0.2, -0.15) is 0 Å². The largest absolute Gasteiger partial charge is 0.496 e. The van der Waals surface area contributed by atoms with Crippen LogP contribution in [0.25, 0.3) is 0 Å². The van der Waals surface area contributed by atoms with Crippen molar-refractivity contribution in [2.75, 3.05) is 12.9 Å². The molecule has 1 rings (SSSR count). The van der Waals surface area contributed by atoms with Crippen molar-refractivity contribution in [1.29, 1.82) is 0 Å². The molecule has 1 aromatic rings. The van der Waals surface area contributed by atoms with Crippen LogP contribution in [-0.4, -0.2) is 21.3 Å². The monoisotopic (exact) mass is 275 g/mol.